The van der Waals surface area contributed by atoms with Gasteiger partial charge in [-0.15, -0.1) is 0 Å². The van der Waals surface area contributed by atoms with E-state index in [0.717, 1.165) is 0 Å². The van der Waals surface area contributed by atoms with E-state index < -0.39 is 31.2 Å². The maximum atomic E-state index is 9.64. The molecule has 15 heavy (non-hydrogen) atoms. The number of hydrogen-bond donors (Lipinski definition) is 3. The van der Waals surface area contributed by atoms with Crippen molar-refractivity contribution < 1.29 is 29.6 Å². The van der Waals surface area contributed by atoms with Gasteiger partial charge in [0.15, 0.2) is 6.29 Å². The molecular weight excluding hydrogens is 206 g/mol. The smallest absolute Gasteiger partial charge is 0.189 e. The Bertz CT molecular complexity index is 215. The van der Waals surface area contributed by atoms with Crippen LogP contribution in [0.2, 0.25) is 0 Å². The Balaban J connectivity index is 2.86. The van der Waals surface area contributed by atoms with Crippen molar-refractivity contribution in [2.75, 3.05) is 20.8 Å². The Labute approximate surface area is 86.9 Å². The minimum Gasteiger partial charge on any atom is -0.399 e. The summed E-state index contributed by atoms with van der Waals surface area (Å²) in [5, 5.41) is 31.7. The molecule has 7 heteroatoms. The maximum Gasteiger partial charge on any atom is 0.189 e. The molecule has 0 aromatic heterocycles. The van der Waals surface area contributed by atoms with Crippen molar-refractivity contribution in [1.29, 1.82) is 0 Å². The van der Waals surface area contributed by atoms with E-state index in [1.165, 1.54) is 14.2 Å². The van der Waals surface area contributed by atoms with E-state index in [-0.39, 0.29) is 5.71 Å². The van der Waals surface area contributed by atoms with E-state index in [0.29, 0.717) is 0 Å². The largest absolute Gasteiger partial charge is 0.399 e. The van der Waals surface area contributed by atoms with Gasteiger partial charge in [0.05, 0.1) is 6.61 Å². The molecule has 7 nitrogen and oxygen atoms in total. The van der Waals surface area contributed by atoms with Crippen LogP contribution in [-0.4, -0.2) is 66.5 Å². The number of aliphatic hydroxyl groups is 3. The van der Waals surface area contributed by atoms with Crippen molar-refractivity contribution in [3.63, 3.8) is 0 Å². The van der Waals surface area contributed by atoms with E-state index in [4.69, 9.17) is 14.6 Å². The second-order valence-corrected chi connectivity index (χ2v) is 3.05. The molecule has 0 spiro atoms. The first-order valence-electron chi connectivity index (χ1n) is 4.41. The van der Waals surface area contributed by atoms with Gasteiger partial charge in [-0.3, -0.25) is 0 Å². The fraction of sp³-hybridized carbons (Fsp3) is 0.875. The van der Waals surface area contributed by atoms with E-state index in [1.54, 1.807) is 0 Å². The molecule has 88 valence electrons. The lowest BCUT2D eigenvalue weighted by atomic mass is 10.0. The van der Waals surface area contributed by atoms with Crippen molar-refractivity contribution in [3.8, 4) is 0 Å². The van der Waals surface area contributed by atoms with Crippen LogP contribution in [0.1, 0.15) is 0 Å². The summed E-state index contributed by atoms with van der Waals surface area (Å²) in [7, 11) is 2.63. The van der Waals surface area contributed by atoms with Crippen molar-refractivity contribution in [2.24, 2.45) is 5.16 Å². The first kappa shape index (κ1) is 12.3. The molecule has 1 rings (SSSR count). The molecule has 0 radical (unpaired) electrons. The molecular formula is C8H15NO6. The summed E-state index contributed by atoms with van der Waals surface area (Å²) >= 11 is 0. The lowest BCUT2D eigenvalue weighted by Crippen LogP contribution is -2.56. The van der Waals surface area contributed by atoms with Crippen molar-refractivity contribution in [1.82, 2.24) is 0 Å². The Morgan fingerprint density at radius 1 is 1.33 bits per heavy atom. The van der Waals surface area contributed by atoms with Crippen molar-refractivity contribution >= 4 is 5.71 Å². The van der Waals surface area contributed by atoms with Gasteiger partial charge in [0.2, 0.25) is 0 Å². The Kier molecular flexibility index (Phi) is 4.43. The number of hydrogen-bond acceptors (Lipinski definition) is 7. The van der Waals surface area contributed by atoms with Crippen LogP contribution >= 0.6 is 0 Å². The molecule has 0 aromatic rings. The van der Waals surface area contributed by atoms with Gasteiger partial charge in [0, 0.05) is 7.11 Å². The number of oxime groups is 1. The average Bonchev–Trinajstić information content (AvgIpc) is 2.25. The molecule has 1 aliphatic rings. The maximum absolute atomic E-state index is 9.64. The molecule has 3 N–H and O–H groups in total. The highest BCUT2D eigenvalue weighted by Crippen LogP contribution is 2.19. The van der Waals surface area contributed by atoms with Crippen LogP contribution in [0.5, 0.6) is 0 Å². The fourth-order valence-electron chi connectivity index (χ4n) is 1.37. The highest BCUT2D eigenvalue weighted by molar-refractivity contribution is 5.93. The van der Waals surface area contributed by atoms with Gasteiger partial charge >= 0.3 is 0 Å². The van der Waals surface area contributed by atoms with E-state index >= 15 is 0 Å². The zero-order chi connectivity index (χ0) is 11.4. The van der Waals surface area contributed by atoms with E-state index in [9.17, 15) is 10.2 Å². The zero-order valence-corrected chi connectivity index (χ0v) is 8.53. The summed E-state index contributed by atoms with van der Waals surface area (Å²) in [6.07, 6.45) is -4.28. The first-order valence-corrected chi connectivity index (χ1v) is 4.41. The Morgan fingerprint density at radius 2 is 2.00 bits per heavy atom. The quantitative estimate of drug-likeness (QED) is 0.480. The number of methoxy groups -OCH3 is 1. The normalized spacial score (nSPS) is 39.4. The average molecular weight is 221 g/mol. The molecule has 1 fully saturated rings. The molecule has 1 aliphatic heterocycles. The highest BCUT2D eigenvalue weighted by atomic mass is 16.7. The monoisotopic (exact) mass is 221 g/mol. The van der Waals surface area contributed by atoms with Crippen LogP contribution in [-0.2, 0) is 14.3 Å². The molecule has 0 amide bonds. The highest BCUT2D eigenvalue weighted by Gasteiger charge is 2.42. The number of rotatable bonds is 3. The van der Waals surface area contributed by atoms with E-state index in [2.05, 4.69) is 9.99 Å². The fourth-order valence-corrected chi connectivity index (χ4v) is 1.37. The number of aliphatic hydroxyl groups excluding tert-OH is 3. The number of ether oxygens (including phenoxy) is 2. The standard InChI is InChI=1S/C8H15NO6/c1-13-8-7(12)5(9-14-2)6(11)4(3-10)15-8/h4,6-8,10-12H,3H2,1-2H3/b9-5-/t4?,6-,7?,8+/m1/s1. The molecule has 1 heterocycles. The second-order valence-electron chi connectivity index (χ2n) is 3.05. The molecule has 2 unspecified atom stereocenters. The SMILES string of the molecule is CO/N=C1\C(O)[C@@H](OC)OC(CO)[C@H]1O. The third-order valence-electron chi connectivity index (χ3n) is 2.13. The predicted molar refractivity (Wildman–Crippen MR) is 49.2 cm³/mol. The Morgan fingerprint density at radius 3 is 2.47 bits per heavy atom. The number of nitrogens with zero attached hydrogens (tertiary/aromatic N) is 1. The van der Waals surface area contributed by atoms with Gasteiger partial charge in [-0.2, -0.15) is 0 Å². The summed E-state index contributed by atoms with van der Waals surface area (Å²) in [6, 6.07) is 0. The molecule has 0 aliphatic carbocycles. The molecule has 0 bridgehead atoms. The van der Waals surface area contributed by atoms with Crippen LogP contribution in [0.4, 0.5) is 0 Å². The zero-order valence-electron chi connectivity index (χ0n) is 8.53. The van der Waals surface area contributed by atoms with Gasteiger partial charge in [-0.1, -0.05) is 5.16 Å². The third kappa shape index (κ3) is 2.44. The first-order chi connectivity index (χ1) is 7.15. The van der Waals surface area contributed by atoms with Crippen molar-refractivity contribution in [2.45, 2.75) is 24.6 Å². The summed E-state index contributed by atoms with van der Waals surface area (Å²) in [5.41, 5.74) is -0.0188. The minimum atomic E-state index is -1.22. The van der Waals surface area contributed by atoms with Crippen molar-refractivity contribution in [3.05, 3.63) is 0 Å². The van der Waals surface area contributed by atoms with E-state index in [1.807, 2.05) is 0 Å². The van der Waals surface area contributed by atoms with Gasteiger partial charge < -0.3 is 29.6 Å². The molecule has 0 aromatic carbocycles. The van der Waals surface area contributed by atoms with Crippen LogP contribution < -0.4 is 0 Å². The summed E-state index contributed by atoms with van der Waals surface area (Å²) in [4.78, 5) is 4.48. The minimum absolute atomic E-state index is 0.0188. The predicted octanol–water partition coefficient (Wildman–Crippen LogP) is -1.93. The van der Waals surface area contributed by atoms with Gasteiger partial charge in [-0.05, 0) is 0 Å². The summed E-state index contributed by atoms with van der Waals surface area (Å²) in [6.45, 7) is -0.406. The third-order valence-corrected chi connectivity index (χ3v) is 2.13. The topological polar surface area (TPSA) is 101 Å². The van der Waals surface area contributed by atoms with Crippen LogP contribution in [0.3, 0.4) is 0 Å². The van der Waals surface area contributed by atoms with Crippen LogP contribution in [0, 0.1) is 0 Å². The Hall–Kier alpha value is -0.730. The van der Waals surface area contributed by atoms with Gasteiger partial charge in [0.25, 0.3) is 0 Å². The lowest BCUT2D eigenvalue weighted by Gasteiger charge is -2.35. The summed E-state index contributed by atoms with van der Waals surface area (Å²) in [5.74, 6) is 0. The van der Waals surface area contributed by atoms with Gasteiger partial charge in [0.1, 0.15) is 31.1 Å². The molecule has 1 saturated heterocycles. The second kappa shape index (κ2) is 5.38. The van der Waals surface area contributed by atoms with Gasteiger partial charge in [-0.25, -0.2) is 0 Å². The molecule has 4 atom stereocenters. The van der Waals surface area contributed by atoms with Crippen LogP contribution in [0.15, 0.2) is 5.16 Å². The lowest BCUT2D eigenvalue weighted by molar-refractivity contribution is -0.224. The summed E-state index contributed by atoms with van der Waals surface area (Å²) < 4.78 is 9.91. The molecule has 0 saturated carbocycles. The van der Waals surface area contributed by atoms with Crippen LogP contribution in [0.25, 0.3) is 0 Å².